The molecule has 86 heavy (non-hydrogen) atoms. The second-order valence-corrected chi connectivity index (χ2v) is 27.7. The number of allylic oxidation sites excluding steroid dienone is 2. The number of carbonyl (C=O) groups is 3. The number of unbranched alkanes of at least 4 members (excludes halogenated alkanes) is 56. The molecule has 0 amide bonds. The van der Waals surface area contributed by atoms with E-state index in [-0.39, 0.29) is 32.2 Å². The van der Waals surface area contributed by atoms with Crippen molar-refractivity contribution in [3.63, 3.8) is 0 Å². The van der Waals surface area contributed by atoms with E-state index in [1.165, 1.54) is 340 Å². The van der Waals surface area contributed by atoms with Gasteiger partial charge in [0.15, 0.2) is 12.4 Å². The number of carbonyl (C=O) groups excluding carboxylic acids is 3. The van der Waals surface area contributed by atoms with Gasteiger partial charge in [0.1, 0.15) is 13.2 Å². The van der Waals surface area contributed by atoms with Gasteiger partial charge in [0.2, 0.25) is 0 Å². The number of esters is 2. The number of nitrogens with zero attached hydrogens (tertiary/aromatic N) is 1. The minimum atomic E-state index is -1.62. The van der Waals surface area contributed by atoms with Gasteiger partial charge in [-0.25, -0.2) is 0 Å². The summed E-state index contributed by atoms with van der Waals surface area (Å²) in [6, 6.07) is 0. The highest BCUT2D eigenvalue weighted by Gasteiger charge is 2.22. The van der Waals surface area contributed by atoms with Gasteiger partial charge in [0.25, 0.3) is 0 Å². The lowest BCUT2D eigenvalue weighted by Gasteiger charge is -2.26. The average molecular weight is 1220 g/mol. The van der Waals surface area contributed by atoms with Crippen molar-refractivity contribution < 1.29 is 42.9 Å². The maximum Gasteiger partial charge on any atom is 0.306 e. The van der Waals surface area contributed by atoms with E-state index in [0.717, 1.165) is 38.5 Å². The molecule has 0 aliphatic rings. The molecule has 0 aliphatic heterocycles. The Kier molecular flexibility index (Phi) is 67.4. The molecule has 0 radical (unpaired) electrons. The molecular formula is C77H149NO8. The molecule has 0 N–H and O–H groups in total. The minimum absolute atomic E-state index is 0.152. The van der Waals surface area contributed by atoms with Crippen LogP contribution in [0.1, 0.15) is 406 Å². The maximum absolute atomic E-state index is 12.9. The van der Waals surface area contributed by atoms with E-state index in [1.54, 1.807) is 0 Å². The Morgan fingerprint density at radius 3 is 0.860 bits per heavy atom. The summed E-state index contributed by atoms with van der Waals surface area (Å²) in [5, 5.41) is 11.8. The van der Waals surface area contributed by atoms with Gasteiger partial charge in [-0.1, -0.05) is 366 Å². The molecular weight excluding hydrogens is 1070 g/mol. The molecule has 0 saturated heterocycles. The van der Waals surface area contributed by atoms with Crippen LogP contribution in [0.2, 0.25) is 0 Å². The Hall–Kier alpha value is -1.97. The summed E-state index contributed by atoms with van der Waals surface area (Å²) in [4.78, 5) is 37.5. The zero-order valence-electron chi connectivity index (χ0n) is 58.5. The molecule has 0 aromatic heterocycles. The van der Waals surface area contributed by atoms with Crippen LogP contribution >= 0.6 is 0 Å². The van der Waals surface area contributed by atoms with Crippen LogP contribution in [-0.4, -0.2) is 82.3 Å². The Labute approximate surface area is 535 Å². The highest BCUT2D eigenvalue weighted by Crippen LogP contribution is 2.20. The molecule has 0 aromatic carbocycles. The third-order valence-corrected chi connectivity index (χ3v) is 17.8. The second-order valence-electron chi connectivity index (χ2n) is 27.7. The van der Waals surface area contributed by atoms with Crippen LogP contribution in [-0.2, 0) is 33.3 Å². The first-order valence-electron chi connectivity index (χ1n) is 38.3. The van der Waals surface area contributed by atoms with Crippen LogP contribution in [0.5, 0.6) is 0 Å². The second kappa shape index (κ2) is 68.9. The van der Waals surface area contributed by atoms with Crippen LogP contribution in [0.4, 0.5) is 0 Å². The highest BCUT2D eigenvalue weighted by atomic mass is 16.7. The Morgan fingerprint density at radius 1 is 0.337 bits per heavy atom. The number of likely N-dealkylation sites (N-methyl/N-ethyl adjacent to an activating group) is 1. The third-order valence-electron chi connectivity index (χ3n) is 17.8. The number of rotatable bonds is 73. The summed E-state index contributed by atoms with van der Waals surface area (Å²) in [6.07, 6.45) is 81.9. The molecule has 0 aliphatic carbocycles. The van der Waals surface area contributed by atoms with E-state index in [0.29, 0.717) is 17.4 Å². The van der Waals surface area contributed by atoms with Gasteiger partial charge in [-0.05, 0) is 38.5 Å². The number of hydrogen-bond acceptors (Lipinski definition) is 8. The van der Waals surface area contributed by atoms with Crippen LogP contribution in [0, 0.1) is 0 Å². The fourth-order valence-corrected chi connectivity index (χ4v) is 11.9. The van der Waals surface area contributed by atoms with Crippen molar-refractivity contribution in [1.29, 1.82) is 0 Å². The largest absolute Gasteiger partial charge is 0.545 e. The number of hydrogen-bond donors (Lipinski definition) is 0. The molecule has 0 saturated carbocycles. The number of ether oxygens (including phenoxy) is 4. The SMILES string of the molecule is CCCCCCCCCC/C=C\CCCCCCCCCCCCCC(=O)OC(COC(=O)CCCCCCCCCCCCCCCCCCCCCCCCCCCCCCCCCCCCCCCC)COC(OCC[N+](C)(C)C)C(=O)[O-]. The Morgan fingerprint density at radius 2 is 0.593 bits per heavy atom. The Balaban J connectivity index is 3.93. The standard InChI is InChI=1S/C77H149NO8/c1-6-8-10-12-14-16-18-20-22-24-26-28-30-31-32-33-34-35-36-37-38-39-40-41-42-43-44-46-47-49-51-53-55-57-59-61-63-65-67-74(79)84-71-73(72-85-77(76(81)82)83-70-69-78(3,4)5)86-75(80)68-66-64-62-60-58-56-54-52-50-48-45-29-27-25-23-21-19-17-15-13-11-9-7-2/h25,27,73,77H,6-24,26,28-72H2,1-5H3/b27-25-. The molecule has 9 heteroatoms. The summed E-state index contributed by atoms with van der Waals surface area (Å²) in [6.45, 7) is 4.83. The van der Waals surface area contributed by atoms with Gasteiger partial charge in [-0.15, -0.1) is 0 Å². The van der Waals surface area contributed by atoms with E-state index in [2.05, 4.69) is 26.0 Å². The molecule has 0 heterocycles. The van der Waals surface area contributed by atoms with E-state index in [9.17, 15) is 19.5 Å². The topological polar surface area (TPSA) is 111 Å². The molecule has 2 unspecified atom stereocenters. The minimum Gasteiger partial charge on any atom is -0.545 e. The number of quaternary nitrogens is 1. The van der Waals surface area contributed by atoms with E-state index in [1.807, 2.05) is 21.1 Å². The molecule has 9 nitrogen and oxygen atoms in total. The lowest BCUT2D eigenvalue weighted by Crippen LogP contribution is -2.44. The molecule has 0 spiro atoms. The van der Waals surface area contributed by atoms with Crippen molar-refractivity contribution in [3.05, 3.63) is 12.2 Å². The third kappa shape index (κ3) is 69.5. The summed E-state index contributed by atoms with van der Waals surface area (Å²) in [7, 11) is 5.95. The van der Waals surface area contributed by atoms with Gasteiger partial charge in [0.05, 0.1) is 40.3 Å². The summed E-state index contributed by atoms with van der Waals surface area (Å²) < 4.78 is 22.8. The van der Waals surface area contributed by atoms with Gasteiger partial charge in [-0.2, -0.15) is 0 Å². The Bertz CT molecular complexity index is 1410. The lowest BCUT2D eigenvalue weighted by atomic mass is 10.0. The van der Waals surface area contributed by atoms with Crippen molar-refractivity contribution in [2.45, 2.75) is 418 Å². The van der Waals surface area contributed by atoms with E-state index >= 15 is 0 Å². The predicted octanol–water partition coefficient (Wildman–Crippen LogP) is 22.6. The molecule has 2 atom stereocenters. The average Bonchev–Trinajstić information content (AvgIpc) is 3.64. The number of carboxylic acids is 1. The maximum atomic E-state index is 12.9. The van der Waals surface area contributed by atoms with Crippen molar-refractivity contribution in [2.75, 3.05) is 47.5 Å². The zero-order chi connectivity index (χ0) is 62.6. The first-order valence-corrected chi connectivity index (χ1v) is 38.3. The smallest absolute Gasteiger partial charge is 0.306 e. The summed E-state index contributed by atoms with van der Waals surface area (Å²) in [5.41, 5.74) is 0. The van der Waals surface area contributed by atoms with Crippen molar-refractivity contribution in [1.82, 2.24) is 0 Å². The lowest BCUT2D eigenvalue weighted by molar-refractivity contribution is -0.870. The predicted molar refractivity (Wildman–Crippen MR) is 367 cm³/mol. The van der Waals surface area contributed by atoms with E-state index < -0.39 is 24.3 Å². The molecule has 510 valence electrons. The van der Waals surface area contributed by atoms with Crippen LogP contribution in [0.25, 0.3) is 0 Å². The van der Waals surface area contributed by atoms with E-state index in [4.69, 9.17) is 18.9 Å². The normalized spacial score (nSPS) is 12.6. The first kappa shape index (κ1) is 84.0. The number of aliphatic carboxylic acids is 1. The van der Waals surface area contributed by atoms with Gasteiger partial charge >= 0.3 is 11.9 Å². The quantitative estimate of drug-likeness (QED) is 0.0195. The van der Waals surface area contributed by atoms with Gasteiger partial charge in [0, 0.05) is 12.8 Å². The molecule has 0 bridgehead atoms. The first-order chi connectivity index (χ1) is 42.1. The van der Waals surface area contributed by atoms with Crippen molar-refractivity contribution in [3.8, 4) is 0 Å². The fourth-order valence-electron chi connectivity index (χ4n) is 11.9. The van der Waals surface area contributed by atoms with Crippen LogP contribution < -0.4 is 5.11 Å². The summed E-state index contributed by atoms with van der Waals surface area (Å²) in [5.74, 6) is -2.25. The van der Waals surface area contributed by atoms with Crippen LogP contribution in [0.3, 0.4) is 0 Å². The van der Waals surface area contributed by atoms with Gasteiger partial charge < -0.3 is 33.3 Å². The highest BCUT2D eigenvalue weighted by molar-refractivity contribution is 5.70. The van der Waals surface area contributed by atoms with Crippen molar-refractivity contribution >= 4 is 17.9 Å². The zero-order valence-corrected chi connectivity index (χ0v) is 58.5. The molecule has 0 rings (SSSR count). The van der Waals surface area contributed by atoms with Crippen LogP contribution in [0.15, 0.2) is 12.2 Å². The molecule has 0 aromatic rings. The summed E-state index contributed by atoms with van der Waals surface area (Å²) >= 11 is 0. The van der Waals surface area contributed by atoms with Gasteiger partial charge in [-0.3, -0.25) is 9.59 Å². The van der Waals surface area contributed by atoms with Crippen molar-refractivity contribution in [2.24, 2.45) is 0 Å². The monoisotopic (exact) mass is 1220 g/mol. The molecule has 0 fully saturated rings. The fraction of sp³-hybridized carbons (Fsp3) is 0.935. The number of carboxylic acid groups (broad SMARTS) is 1.